The first kappa shape index (κ1) is 14.3. The zero-order valence-electron chi connectivity index (χ0n) is 12.1. The van der Waals surface area contributed by atoms with Gasteiger partial charge in [0.2, 0.25) is 0 Å². The number of benzene rings is 1. The van der Waals surface area contributed by atoms with E-state index in [1.54, 1.807) is 7.11 Å². The van der Waals surface area contributed by atoms with Gasteiger partial charge in [0.15, 0.2) is 0 Å². The first-order valence-electron chi connectivity index (χ1n) is 6.56. The SMILES string of the molecule is COC(=O)c1sc2nc(-c3ccccc3OC)ccc2c1N. The number of aromatic nitrogens is 1. The molecule has 0 aliphatic carbocycles. The van der Waals surface area contributed by atoms with Crippen LogP contribution in [0.5, 0.6) is 5.75 Å². The van der Waals surface area contributed by atoms with Crippen LogP contribution in [0.25, 0.3) is 21.5 Å². The van der Waals surface area contributed by atoms with Gasteiger partial charge in [0.05, 0.1) is 25.6 Å². The second-order valence-corrected chi connectivity index (χ2v) is 5.59. The molecular formula is C16H14N2O3S. The predicted molar refractivity (Wildman–Crippen MR) is 87.4 cm³/mol. The van der Waals surface area contributed by atoms with Crippen molar-refractivity contribution in [2.45, 2.75) is 0 Å². The molecule has 0 spiro atoms. The van der Waals surface area contributed by atoms with Crippen molar-refractivity contribution < 1.29 is 14.3 Å². The van der Waals surface area contributed by atoms with Crippen molar-refractivity contribution in [3.05, 3.63) is 41.3 Å². The fraction of sp³-hybridized carbons (Fsp3) is 0.125. The zero-order valence-corrected chi connectivity index (χ0v) is 12.9. The smallest absolute Gasteiger partial charge is 0.350 e. The number of methoxy groups -OCH3 is 2. The molecule has 0 saturated carbocycles. The largest absolute Gasteiger partial charge is 0.496 e. The molecule has 0 bridgehead atoms. The van der Waals surface area contributed by atoms with E-state index in [1.807, 2.05) is 36.4 Å². The molecule has 3 aromatic rings. The van der Waals surface area contributed by atoms with E-state index in [0.29, 0.717) is 15.4 Å². The summed E-state index contributed by atoms with van der Waals surface area (Å²) >= 11 is 1.23. The lowest BCUT2D eigenvalue weighted by Gasteiger charge is -2.07. The number of thiophene rings is 1. The average Bonchev–Trinajstić information content (AvgIpc) is 2.90. The molecule has 3 rings (SSSR count). The number of anilines is 1. The minimum Gasteiger partial charge on any atom is -0.496 e. The molecule has 0 aliphatic heterocycles. The standard InChI is InChI=1S/C16H14N2O3S/c1-20-12-6-4-3-5-9(12)11-8-7-10-13(17)14(16(19)21-2)22-15(10)18-11/h3-8H,17H2,1-2H3. The van der Waals surface area contributed by atoms with Gasteiger partial charge in [0.1, 0.15) is 15.5 Å². The van der Waals surface area contributed by atoms with Gasteiger partial charge in [-0.1, -0.05) is 12.1 Å². The van der Waals surface area contributed by atoms with E-state index in [-0.39, 0.29) is 0 Å². The van der Waals surface area contributed by atoms with Gasteiger partial charge in [-0.15, -0.1) is 11.3 Å². The van der Waals surface area contributed by atoms with Gasteiger partial charge in [-0.05, 0) is 24.3 Å². The summed E-state index contributed by atoms with van der Waals surface area (Å²) in [5.74, 6) is 0.298. The maximum absolute atomic E-state index is 11.7. The van der Waals surface area contributed by atoms with Crippen LogP contribution in [0.4, 0.5) is 5.69 Å². The summed E-state index contributed by atoms with van der Waals surface area (Å²) in [7, 11) is 2.95. The average molecular weight is 314 g/mol. The highest BCUT2D eigenvalue weighted by molar-refractivity contribution is 7.21. The van der Waals surface area contributed by atoms with Gasteiger partial charge in [-0.2, -0.15) is 0 Å². The Hall–Kier alpha value is -2.60. The van der Waals surface area contributed by atoms with Gasteiger partial charge in [0.25, 0.3) is 0 Å². The van der Waals surface area contributed by atoms with Gasteiger partial charge in [-0.25, -0.2) is 9.78 Å². The number of carbonyl (C=O) groups is 1. The van der Waals surface area contributed by atoms with E-state index in [1.165, 1.54) is 18.4 Å². The van der Waals surface area contributed by atoms with Crippen LogP contribution in [0, 0.1) is 0 Å². The van der Waals surface area contributed by atoms with Crippen molar-refractivity contribution in [2.24, 2.45) is 0 Å². The monoisotopic (exact) mass is 314 g/mol. The second-order valence-electron chi connectivity index (χ2n) is 4.59. The van der Waals surface area contributed by atoms with Gasteiger partial charge >= 0.3 is 5.97 Å². The number of hydrogen-bond donors (Lipinski definition) is 1. The summed E-state index contributed by atoms with van der Waals surface area (Å²) in [5, 5.41) is 0.754. The Bertz CT molecular complexity index is 858. The topological polar surface area (TPSA) is 74.4 Å². The van der Waals surface area contributed by atoms with E-state index in [0.717, 1.165) is 22.4 Å². The molecule has 0 amide bonds. The van der Waals surface area contributed by atoms with E-state index in [2.05, 4.69) is 4.98 Å². The molecule has 2 aromatic heterocycles. The number of esters is 1. The molecule has 2 heterocycles. The Labute approximate surface area is 131 Å². The van der Waals surface area contributed by atoms with Gasteiger partial charge < -0.3 is 15.2 Å². The Morgan fingerprint density at radius 1 is 1.18 bits per heavy atom. The highest BCUT2D eigenvalue weighted by Crippen LogP contribution is 2.36. The molecule has 22 heavy (non-hydrogen) atoms. The number of nitrogens with two attached hydrogens (primary N) is 1. The number of pyridine rings is 1. The van der Waals surface area contributed by atoms with Crippen LogP contribution in [0.1, 0.15) is 9.67 Å². The van der Waals surface area contributed by atoms with Gasteiger partial charge in [-0.3, -0.25) is 0 Å². The molecule has 0 saturated heterocycles. The third kappa shape index (κ3) is 2.27. The van der Waals surface area contributed by atoms with E-state index < -0.39 is 5.97 Å². The minimum atomic E-state index is -0.445. The van der Waals surface area contributed by atoms with Crippen LogP contribution in [0.2, 0.25) is 0 Å². The molecule has 0 atom stereocenters. The van der Waals surface area contributed by atoms with Crippen LogP contribution < -0.4 is 10.5 Å². The Morgan fingerprint density at radius 3 is 2.68 bits per heavy atom. The van der Waals surface area contributed by atoms with Gasteiger partial charge in [0, 0.05) is 10.9 Å². The Balaban J connectivity index is 2.16. The highest BCUT2D eigenvalue weighted by Gasteiger charge is 2.18. The number of nitrogens with zero attached hydrogens (tertiary/aromatic N) is 1. The molecular weight excluding hydrogens is 300 g/mol. The molecule has 0 fully saturated rings. The first-order chi connectivity index (χ1) is 10.7. The molecule has 0 radical (unpaired) electrons. The zero-order chi connectivity index (χ0) is 15.7. The Kier molecular flexibility index (Phi) is 3.68. The normalized spacial score (nSPS) is 10.6. The fourth-order valence-corrected chi connectivity index (χ4v) is 3.26. The number of para-hydroxylation sites is 1. The van der Waals surface area contributed by atoms with Crippen molar-refractivity contribution in [3.8, 4) is 17.0 Å². The lowest BCUT2D eigenvalue weighted by molar-refractivity contribution is 0.0607. The number of hydrogen-bond acceptors (Lipinski definition) is 6. The number of ether oxygens (including phenoxy) is 2. The molecule has 5 nitrogen and oxygen atoms in total. The summed E-state index contributed by atoms with van der Waals surface area (Å²) in [6, 6.07) is 11.4. The number of rotatable bonds is 3. The third-order valence-corrected chi connectivity index (χ3v) is 4.44. The summed E-state index contributed by atoms with van der Waals surface area (Å²) in [4.78, 5) is 17.4. The second kappa shape index (κ2) is 5.65. The van der Waals surface area contributed by atoms with E-state index in [9.17, 15) is 4.79 Å². The number of carbonyl (C=O) groups excluding carboxylic acids is 1. The van der Waals surface area contributed by atoms with E-state index >= 15 is 0 Å². The van der Waals surface area contributed by atoms with E-state index in [4.69, 9.17) is 15.2 Å². The molecule has 112 valence electrons. The maximum Gasteiger partial charge on any atom is 0.350 e. The van der Waals surface area contributed by atoms with Crippen LogP contribution in [0.15, 0.2) is 36.4 Å². The first-order valence-corrected chi connectivity index (χ1v) is 7.38. The van der Waals surface area contributed by atoms with Crippen LogP contribution in [0.3, 0.4) is 0 Å². The predicted octanol–water partition coefficient (Wildman–Crippen LogP) is 3.34. The molecule has 1 aromatic carbocycles. The molecule has 0 unspecified atom stereocenters. The van der Waals surface area contributed by atoms with Crippen molar-refractivity contribution in [3.63, 3.8) is 0 Å². The fourth-order valence-electron chi connectivity index (χ4n) is 2.25. The van der Waals surface area contributed by atoms with Crippen molar-refractivity contribution in [1.29, 1.82) is 0 Å². The third-order valence-electron chi connectivity index (χ3n) is 3.35. The molecule has 2 N–H and O–H groups in total. The lowest BCUT2D eigenvalue weighted by atomic mass is 10.1. The number of fused-ring (bicyclic) bond motifs is 1. The minimum absolute atomic E-state index is 0.377. The molecule has 6 heteroatoms. The maximum atomic E-state index is 11.7. The highest BCUT2D eigenvalue weighted by atomic mass is 32.1. The van der Waals surface area contributed by atoms with Crippen molar-refractivity contribution in [2.75, 3.05) is 20.0 Å². The van der Waals surface area contributed by atoms with Crippen molar-refractivity contribution >= 4 is 33.2 Å². The van der Waals surface area contributed by atoms with Crippen molar-refractivity contribution in [1.82, 2.24) is 4.98 Å². The summed E-state index contributed by atoms with van der Waals surface area (Å²) in [6.45, 7) is 0. The van der Waals surface area contributed by atoms with Crippen LogP contribution in [-0.4, -0.2) is 25.2 Å². The number of nitrogen functional groups attached to an aromatic ring is 1. The van der Waals surface area contributed by atoms with Crippen LogP contribution in [-0.2, 0) is 4.74 Å². The quantitative estimate of drug-likeness (QED) is 0.750. The van der Waals surface area contributed by atoms with Crippen LogP contribution >= 0.6 is 11.3 Å². The molecule has 0 aliphatic rings. The Morgan fingerprint density at radius 2 is 1.95 bits per heavy atom. The summed E-state index contributed by atoms with van der Waals surface area (Å²) < 4.78 is 10.1. The lowest BCUT2D eigenvalue weighted by Crippen LogP contribution is -2.01. The summed E-state index contributed by atoms with van der Waals surface area (Å²) in [6.07, 6.45) is 0. The summed E-state index contributed by atoms with van der Waals surface area (Å²) in [5.41, 5.74) is 8.07.